The van der Waals surface area contributed by atoms with E-state index >= 15 is 0 Å². The van der Waals surface area contributed by atoms with E-state index in [9.17, 15) is 9.90 Å². The van der Waals surface area contributed by atoms with Gasteiger partial charge in [-0.2, -0.15) is 0 Å². The summed E-state index contributed by atoms with van der Waals surface area (Å²) < 4.78 is 4.70. The van der Waals surface area contributed by atoms with Crippen LogP contribution in [0.25, 0.3) is 0 Å². The summed E-state index contributed by atoms with van der Waals surface area (Å²) in [5, 5.41) is 12.7. The first-order valence-corrected chi connectivity index (χ1v) is 5.22. The molecule has 1 saturated heterocycles. The maximum atomic E-state index is 11.3. The highest BCUT2D eigenvalue weighted by Gasteiger charge is 2.40. The Balaban J connectivity index is 1.95. The van der Waals surface area contributed by atoms with Crippen molar-refractivity contribution in [1.82, 2.24) is 5.32 Å². The first-order chi connectivity index (χ1) is 6.70. The van der Waals surface area contributed by atoms with Gasteiger partial charge in [-0.05, 0) is 31.6 Å². The predicted molar refractivity (Wildman–Crippen MR) is 50.7 cm³/mol. The Morgan fingerprint density at radius 2 is 2.21 bits per heavy atom. The number of nitrogens with one attached hydrogen (secondary N) is 1. The van der Waals surface area contributed by atoms with E-state index in [1.54, 1.807) is 0 Å². The van der Waals surface area contributed by atoms with Crippen LogP contribution in [0.1, 0.15) is 25.7 Å². The van der Waals surface area contributed by atoms with Crippen molar-refractivity contribution in [3.63, 3.8) is 0 Å². The third-order valence-electron chi connectivity index (χ3n) is 3.41. The van der Waals surface area contributed by atoms with Crippen molar-refractivity contribution in [3.8, 4) is 0 Å². The Morgan fingerprint density at radius 1 is 1.43 bits per heavy atom. The van der Waals surface area contributed by atoms with Gasteiger partial charge in [0.1, 0.15) is 6.04 Å². The Morgan fingerprint density at radius 3 is 2.93 bits per heavy atom. The highest BCUT2D eigenvalue weighted by Crippen LogP contribution is 2.33. The van der Waals surface area contributed by atoms with E-state index in [1.807, 2.05) is 0 Å². The van der Waals surface area contributed by atoms with Gasteiger partial charge in [-0.15, -0.1) is 0 Å². The fourth-order valence-corrected chi connectivity index (χ4v) is 2.63. The van der Waals surface area contributed by atoms with Crippen LogP contribution in [0.2, 0.25) is 0 Å². The first kappa shape index (κ1) is 9.93. The number of hydrogen-bond donors (Lipinski definition) is 2. The molecule has 0 spiro atoms. The molecule has 0 unspecified atom stereocenters. The number of aliphatic hydroxyl groups excluding tert-OH is 1. The van der Waals surface area contributed by atoms with Crippen molar-refractivity contribution < 1.29 is 14.6 Å². The zero-order valence-electron chi connectivity index (χ0n) is 8.40. The molecule has 80 valence electrons. The minimum absolute atomic E-state index is 0.153. The van der Waals surface area contributed by atoms with E-state index in [4.69, 9.17) is 4.74 Å². The van der Waals surface area contributed by atoms with Crippen molar-refractivity contribution in [2.75, 3.05) is 7.11 Å². The average molecular weight is 199 g/mol. The lowest BCUT2D eigenvalue weighted by atomic mass is 9.83. The Hall–Kier alpha value is -0.610. The molecule has 2 rings (SSSR count). The van der Waals surface area contributed by atoms with Crippen LogP contribution in [0.15, 0.2) is 0 Å². The Bertz CT molecular complexity index is 231. The van der Waals surface area contributed by atoms with E-state index in [0.29, 0.717) is 12.0 Å². The van der Waals surface area contributed by atoms with Gasteiger partial charge in [-0.1, -0.05) is 0 Å². The summed E-state index contributed by atoms with van der Waals surface area (Å²) in [6, 6.07) is 0.156. The number of carbonyl (C=O) groups excluding carboxylic acids is 1. The number of methoxy groups -OCH3 is 1. The molecule has 2 aliphatic rings. The lowest BCUT2D eigenvalue weighted by molar-refractivity contribution is -0.142. The standard InChI is InChI=1S/C10H17NO3/c1-14-10(13)9-4-6-2-3-7(12)5-8(6)11-9/h6-9,11-12H,2-5H2,1H3/t6-,7+,8-,9-/m0/s1. The molecule has 1 aliphatic carbocycles. The molecule has 2 fully saturated rings. The highest BCUT2D eigenvalue weighted by molar-refractivity contribution is 5.76. The number of rotatable bonds is 1. The molecule has 4 nitrogen and oxygen atoms in total. The maximum Gasteiger partial charge on any atom is 0.322 e. The largest absolute Gasteiger partial charge is 0.468 e. The van der Waals surface area contributed by atoms with E-state index in [-0.39, 0.29) is 18.1 Å². The van der Waals surface area contributed by atoms with Gasteiger partial charge in [0.25, 0.3) is 0 Å². The van der Waals surface area contributed by atoms with Crippen molar-refractivity contribution >= 4 is 5.97 Å². The van der Waals surface area contributed by atoms with Crippen LogP contribution < -0.4 is 5.32 Å². The second-order valence-corrected chi connectivity index (χ2v) is 4.31. The third-order valence-corrected chi connectivity index (χ3v) is 3.41. The number of ether oxygens (including phenoxy) is 1. The fraction of sp³-hybridized carbons (Fsp3) is 0.900. The molecule has 4 atom stereocenters. The minimum atomic E-state index is -0.194. The van der Waals surface area contributed by atoms with Gasteiger partial charge in [0.15, 0.2) is 0 Å². The fourth-order valence-electron chi connectivity index (χ4n) is 2.63. The second kappa shape index (κ2) is 3.87. The predicted octanol–water partition coefficient (Wildman–Crippen LogP) is 0.0509. The van der Waals surface area contributed by atoms with Gasteiger partial charge in [-0.25, -0.2) is 0 Å². The zero-order valence-corrected chi connectivity index (χ0v) is 8.40. The molecular formula is C10H17NO3. The van der Waals surface area contributed by atoms with Crippen LogP contribution in [0.5, 0.6) is 0 Å². The maximum absolute atomic E-state index is 11.3. The molecule has 1 aliphatic heterocycles. The number of hydrogen-bond acceptors (Lipinski definition) is 4. The van der Waals surface area contributed by atoms with Crippen molar-refractivity contribution in [1.29, 1.82) is 0 Å². The van der Waals surface area contributed by atoms with Crippen LogP contribution in [0.4, 0.5) is 0 Å². The van der Waals surface area contributed by atoms with E-state index in [1.165, 1.54) is 7.11 Å². The Labute approximate surface area is 83.6 Å². The van der Waals surface area contributed by atoms with Gasteiger partial charge in [0, 0.05) is 6.04 Å². The SMILES string of the molecule is COC(=O)[C@@H]1C[C@@H]2CC[C@@H](O)C[C@@H]2N1. The van der Waals surface area contributed by atoms with Crippen molar-refractivity contribution in [2.24, 2.45) is 5.92 Å². The molecule has 4 heteroatoms. The number of esters is 1. The quantitative estimate of drug-likeness (QED) is 0.586. The van der Waals surface area contributed by atoms with Crippen molar-refractivity contribution in [3.05, 3.63) is 0 Å². The van der Waals surface area contributed by atoms with Crippen LogP contribution in [0.3, 0.4) is 0 Å². The second-order valence-electron chi connectivity index (χ2n) is 4.31. The Kier molecular flexibility index (Phi) is 2.74. The molecule has 0 radical (unpaired) electrons. The summed E-state index contributed by atoms with van der Waals surface area (Å²) in [5.41, 5.74) is 0. The third kappa shape index (κ3) is 1.77. The first-order valence-electron chi connectivity index (χ1n) is 5.22. The molecule has 14 heavy (non-hydrogen) atoms. The molecule has 0 aromatic heterocycles. The van der Waals surface area contributed by atoms with Gasteiger partial charge in [0.2, 0.25) is 0 Å². The highest BCUT2D eigenvalue weighted by atomic mass is 16.5. The molecule has 0 bridgehead atoms. The lowest BCUT2D eigenvalue weighted by Crippen LogP contribution is -2.40. The lowest BCUT2D eigenvalue weighted by Gasteiger charge is -2.28. The van der Waals surface area contributed by atoms with E-state index in [2.05, 4.69) is 5.32 Å². The monoisotopic (exact) mass is 199 g/mol. The summed E-state index contributed by atoms with van der Waals surface area (Å²) in [4.78, 5) is 11.3. The van der Waals surface area contributed by atoms with Crippen molar-refractivity contribution in [2.45, 2.75) is 43.9 Å². The van der Waals surface area contributed by atoms with Crippen LogP contribution >= 0.6 is 0 Å². The summed E-state index contributed by atoms with van der Waals surface area (Å²) in [7, 11) is 1.42. The number of aliphatic hydroxyl groups is 1. The van der Waals surface area contributed by atoms with Crippen LogP contribution in [-0.4, -0.2) is 36.4 Å². The number of carbonyl (C=O) groups is 1. The summed E-state index contributed by atoms with van der Waals surface area (Å²) in [6.45, 7) is 0. The number of fused-ring (bicyclic) bond motifs is 1. The van der Waals surface area contributed by atoms with Gasteiger partial charge >= 0.3 is 5.97 Å². The molecule has 0 amide bonds. The molecule has 2 N–H and O–H groups in total. The molecule has 1 heterocycles. The van der Waals surface area contributed by atoms with Crippen LogP contribution in [0, 0.1) is 5.92 Å². The smallest absolute Gasteiger partial charge is 0.322 e. The molecular weight excluding hydrogens is 182 g/mol. The average Bonchev–Trinajstić information content (AvgIpc) is 2.59. The zero-order chi connectivity index (χ0) is 10.1. The molecule has 1 saturated carbocycles. The normalized spacial score (nSPS) is 41.9. The molecule has 0 aromatic rings. The van der Waals surface area contributed by atoms with Gasteiger partial charge in [0.05, 0.1) is 13.2 Å². The summed E-state index contributed by atoms with van der Waals surface area (Å²) in [6.07, 6.45) is 3.34. The van der Waals surface area contributed by atoms with E-state index < -0.39 is 0 Å². The topological polar surface area (TPSA) is 58.6 Å². The summed E-state index contributed by atoms with van der Waals surface area (Å²) in [5.74, 6) is 0.372. The minimum Gasteiger partial charge on any atom is -0.468 e. The van der Waals surface area contributed by atoms with Gasteiger partial charge in [-0.3, -0.25) is 4.79 Å². The summed E-state index contributed by atoms with van der Waals surface area (Å²) >= 11 is 0. The van der Waals surface area contributed by atoms with E-state index in [0.717, 1.165) is 25.7 Å². The van der Waals surface area contributed by atoms with Crippen LogP contribution in [-0.2, 0) is 9.53 Å². The van der Waals surface area contributed by atoms with Gasteiger partial charge < -0.3 is 15.2 Å². The molecule has 0 aromatic carbocycles.